The number of rotatable bonds is 0. The standard InChI is InChI=1S/C11H10.C9H11N.C9H9N/c1-9-5-4-7-10-6-2-3-8-11(9)10;2*1-7-3-2-4-9-8(7)5-6-10-9/h2-8H,1H3;2-4,10H,5-6H2,1H3;2-6,10H,1H3. The van der Waals surface area contributed by atoms with Crippen LogP contribution in [0.3, 0.4) is 0 Å². The maximum absolute atomic E-state index is 3.34. The molecule has 0 saturated carbocycles. The second-order valence-corrected chi connectivity index (χ2v) is 8.09. The average molecular weight is 407 g/mol. The Kier molecular flexibility index (Phi) is 6.37. The molecule has 4 aromatic carbocycles. The van der Waals surface area contributed by atoms with Crippen LogP contribution in [-0.4, -0.2) is 11.5 Å². The molecule has 2 N–H and O–H groups in total. The lowest BCUT2D eigenvalue weighted by atomic mass is 10.1. The van der Waals surface area contributed by atoms with Gasteiger partial charge in [-0.2, -0.15) is 0 Å². The molecule has 2 heterocycles. The highest BCUT2D eigenvalue weighted by Crippen LogP contribution is 2.24. The highest BCUT2D eigenvalue weighted by Gasteiger charge is 2.09. The predicted octanol–water partition coefficient (Wildman–Crippen LogP) is 7.59. The number of hydrogen-bond acceptors (Lipinski definition) is 1. The Morgan fingerprint density at radius 2 is 1.29 bits per heavy atom. The van der Waals surface area contributed by atoms with Gasteiger partial charge in [0.2, 0.25) is 0 Å². The van der Waals surface area contributed by atoms with Crippen molar-refractivity contribution >= 4 is 27.4 Å². The van der Waals surface area contributed by atoms with Crippen LogP contribution < -0.4 is 5.32 Å². The number of nitrogens with one attached hydrogen (secondary N) is 2. The molecule has 0 atom stereocenters. The first-order chi connectivity index (χ1) is 15.1. The largest absolute Gasteiger partial charge is 0.384 e. The summed E-state index contributed by atoms with van der Waals surface area (Å²) in [5, 5.41) is 7.35. The first-order valence-electron chi connectivity index (χ1n) is 10.9. The summed E-state index contributed by atoms with van der Waals surface area (Å²) in [5.74, 6) is 0. The number of aryl methyl sites for hydroxylation is 3. The zero-order valence-corrected chi connectivity index (χ0v) is 18.6. The summed E-state index contributed by atoms with van der Waals surface area (Å²) in [6.45, 7) is 7.55. The zero-order valence-electron chi connectivity index (χ0n) is 18.6. The molecular weight excluding hydrogens is 376 g/mol. The van der Waals surface area contributed by atoms with E-state index in [0.29, 0.717) is 0 Å². The Morgan fingerprint density at radius 1 is 0.613 bits per heavy atom. The molecule has 0 radical (unpaired) electrons. The third-order valence-electron chi connectivity index (χ3n) is 5.92. The number of hydrogen-bond donors (Lipinski definition) is 2. The van der Waals surface area contributed by atoms with Crippen molar-refractivity contribution in [3.63, 3.8) is 0 Å². The molecule has 156 valence electrons. The topological polar surface area (TPSA) is 27.8 Å². The molecule has 0 bridgehead atoms. The summed E-state index contributed by atoms with van der Waals surface area (Å²) in [7, 11) is 0. The first kappa shape index (κ1) is 20.7. The van der Waals surface area contributed by atoms with Crippen LogP contribution in [0.25, 0.3) is 21.7 Å². The molecule has 31 heavy (non-hydrogen) atoms. The Balaban J connectivity index is 0.000000112. The van der Waals surface area contributed by atoms with E-state index in [4.69, 9.17) is 0 Å². The SMILES string of the molecule is Cc1cccc2[nH]ccc12.Cc1cccc2c1CCN2.Cc1cccc2ccccc12. The second kappa shape index (κ2) is 9.53. The van der Waals surface area contributed by atoms with Crippen molar-refractivity contribution in [2.75, 3.05) is 11.9 Å². The highest BCUT2D eigenvalue weighted by atomic mass is 14.9. The van der Waals surface area contributed by atoms with Crippen molar-refractivity contribution in [1.82, 2.24) is 4.98 Å². The fourth-order valence-corrected chi connectivity index (χ4v) is 4.15. The van der Waals surface area contributed by atoms with Gasteiger partial charge in [0, 0.05) is 29.3 Å². The van der Waals surface area contributed by atoms with Gasteiger partial charge in [0.1, 0.15) is 0 Å². The van der Waals surface area contributed by atoms with Gasteiger partial charge in [-0.1, -0.05) is 66.7 Å². The third-order valence-corrected chi connectivity index (χ3v) is 5.92. The summed E-state index contributed by atoms with van der Waals surface area (Å²) < 4.78 is 0. The van der Waals surface area contributed by atoms with Gasteiger partial charge in [0.05, 0.1) is 0 Å². The quantitative estimate of drug-likeness (QED) is 0.272. The van der Waals surface area contributed by atoms with Gasteiger partial charge in [-0.05, 0) is 78.4 Å². The minimum Gasteiger partial charge on any atom is -0.384 e. The summed E-state index contributed by atoms with van der Waals surface area (Å²) in [5.41, 5.74) is 8.16. The van der Waals surface area contributed by atoms with Crippen LogP contribution in [0.15, 0.2) is 91.1 Å². The van der Waals surface area contributed by atoms with E-state index in [1.165, 1.54) is 56.0 Å². The summed E-state index contributed by atoms with van der Waals surface area (Å²) in [6.07, 6.45) is 3.17. The molecule has 0 unspecified atom stereocenters. The molecule has 6 rings (SSSR count). The zero-order chi connectivity index (χ0) is 21.6. The third kappa shape index (κ3) is 4.80. The van der Waals surface area contributed by atoms with Crippen molar-refractivity contribution in [3.05, 3.63) is 113 Å². The lowest BCUT2D eigenvalue weighted by Crippen LogP contribution is -1.90. The van der Waals surface area contributed by atoms with Crippen LogP contribution in [0.2, 0.25) is 0 Å². The first-order valence-corrected chi connectivity index (χ1v) is 10.9. The van der Waals surface area contributed by atoms with Gasteiger partial charge in [-0.3, -0.25) is 0 Å². The number of benzene rings is 4. The summed E-state index contributed by atoms with van der Waals surface area (Å²) >= 11 is 0. The number of fused-ring (bicyclic) bond motifs is 3. The van der Waals surface area contributed by atoms with E-state index in [9.17, 15) is 0 Å². The molecule has 1 aliphatic heterocycles. The fourth-order valence-electron chi connectivity index (χ4n) is 4.15. The highest BCUT2D eigenvalue weighted by molar-refractivity contribution is 5.85. The van der Waals surface area contributed by atoms with Gasteiger partial charge < -0.3 is 10.3 Å². The van der Waals surface area contributed by atoms with Gasteiger partial charge in [0.25, 0.3) is 0 Å². The Bertz CT molecular complexity index is 1290. The molecule has 2 nitrogen and oxygen atoms in total. The molecule has 1 aromatic heterocycles. The van der Waals surface area contributed by atoms with E-state index < -0.39 is 0 Å². The number of aromatic nitrogens is 1. The van der Waals surface area contributed by atoms with Crippen LogP contribution in [0, 0.1) is 20.8 Å². The smallest absolute Gasteiger partial charge is 0.0456 e. The molecule has 0 amide bonds. The number of anilines is 1. The lowest BCUT2D eigenvalue weighted by molar-refractivity contribution is 1.09. The van der Waals surface area contributed by atoms with Gasteiger partial charge >= 0.3 is 0 Å². The van der Waals surface area contributed by atoms with Crippen molar-refractivity contribution < 1.29 is 0 Å². The molecule has 2 heteroatoms. The van der Waals surface area contributed by atoms with Crippen molar-refractivity contribution in [1.29, 1.82) is 0 Å². The molecule has 0 fully saturated rings. The van der Waals surface area contributed by atoms with Crippen molar-refractivity contribution in [2.45, 2.75) is 27.2 Å². The normalized spacial score (nSPS) is 11.7. The van der Waals surface area contributed by atoms with E-state index >= 15 is 0 Å². The molecule has 0 spiro atoms. The van der Waals surface area contributed by atoms with E-state index in [-0.39, 0.29) is 0 Å². The molecule has 0 saturated heterocycles. The maximum atomic E-state index is 3.34. The molecule has 1 aliphatic rings. The van der Waals surface area contributed by atoms with Crippen LogP contribution >= 0.6 is 0 Å². The molecule has 5 aromatic rings. The number of aromatic amines is 1. The Hall–Kier alpha value is -3.52. The summed E-state index contributed by atoms with van der Waals surface area (Å²) in [6, 6.07) is 29.6. The van der Waals surface area contributed by atoms with Crippen LogP contribution in [0.4, 0.5) is 5.69 Å². The fraction of sp³-hybridized carbons (Fsp3) is 0.172. The van der Waals surface area contributed by atoms with E-state index in [2.05, 4.69) is 116 Å². The monoisotopic (exact) mass is 406 g/mol. The lowest BCUT2D eigenvalue weighted by Gasteiger charge is -2.00. The van der Waals surface area contributed by atoms with E-state index in [1.807, 2.05) is 6.20 Å². The Labute approximate surface area is 184 Å². The van der Waals surface area contributed by atoms with Crippen LogP contribution in [0.5, 0.6) is 0 Å². The second-order valence-electron chi connectivity index (χ2n) is 8.09. The Morgan fingerprint density at radius 3 is 2.06 bits per heavy atom. The van der Waals surface area contributed by atoms with E-state index in [0.717, 1.165) is 6.54 Å². The molecule has 0 aliphatic carbocycles. The van der Waals surface area contributed by atoms with Crippen molar-refractivity contribution in [3.8, 4) is 0 Å². The molecular formula is C29H30N2. The maximum Gasteiger partial charge on any atom is 0.0456 e. The minimum atomic E-state index is 1.11. The van der Waals surface area contributed by atoms with Gasteiger partial charge in [-0.15, -0.1) is 0 Å². The van der Waals surface area contributed by atoms with Crippen LogP contribution in [0.1, 0.15) is 22.3 Å². The number of H-pyrrole nitrogens is 1. The van der Waals surface area contributed by atoms with E-state index in [1.54, 1.807) is 0 Å². The minimum absolute atomic E-state index is 1.11. The summed E-state index contributed by atoms with van der Waals surface area (Å²) in [4.78, 5) is 3.16. The average Bonchev–Trinajstić information content (AvgIpc) is 3.46. The van der Waals surface area contributed by atoms with Gasteiger partial charge in [0.15, 0.2) is 0 Å². The predicted molar refractivity (Wildman–Crippen MR) is 135 cm³/mol. The van der Waals surface area contributed by atoms with Gasteiger partial charge in [-0.25, -0.2) is 0 Å². The van der Waals surface area contributed by atoms with Crippen LogP contribution in [-0.2, 0) is 6.42 Å². The van der Waals surface area contributed by atoms with Crippen molar-refractivity contribution in [2.24, 2.45) is 0 Å².